The molecular weight excluding hydrogens is 346 g/mol. The summed E-state index contributed by atoms with van der Waals surface area (Å²) in [6.45, 7) is 0. The van der Waals surface area contributed by atoms with Crippen LogP contribution in [0.25, 0.3) is 11.3 Å². The summed E-state index contributed by atoms with van der Waals surface area (Å²) in [6, 6.07) is 15.5. The number of hydrogen-bond donors (Lipinski definition) is 3. The lowest BCUT2D eigenvalue weighted by Crippen LogP contribution is -2.20. The van der Waals surface area contributed by atoms with Crippen LogP contribution in [0, 0.1) is 0 Å². The normalized spacial score (nSPS) is 10.6. The van der Waals surface area contributed by atoms with Crippen molar-refractivity contribution in [2.45, 2.75) is 0 Å². The van der Waals surface area contributed by atoms with E-state index < -0.39 is 11.8 Å². The van der Waals surface area contributed by atoms with E-state index in [0.717, 1.165) is 5.56 Å². The maximum atomic E-state index is 12.4. The zero-order valence-corrected chi connectivity index (χ0v) is 14.0. The van der Waals surface area contributed by atoms with Gasteiger partial charge in [-0.05, 0) is 17.7 Å². The largest absolute Gasteiger partial charge is 0.292 e. The number of aromatic nitrogens is 2. The number of hydroxylamine groups is 1. The molecule has 0 unspecified atom stereocenters. The molecule has 2 aromatic carbocycles. The number of nitrogens with one attached hydrogen (secondary N) is 2. The highest BCUT2D eigenvalue weighted by Crippen LogP contribution is 2.18. The zero-order valence-electron chi connectivity index (χ0n) is 14.0. The zero-order chi connectivity index (χ0) is 19.1. The van der Waals surface area contributed by atoms with Crippen molar-refractivity contribution in [3.63, 3.8) is 0 Å². The van der Waals surface area contributed by atoms with Crippen LogP contribution in [0.5, 0.6) is 0 Å². The fourth-order valence-electron chi connectivity index (χ4n) is 2.31. The lowest BCUT2D eigenvalue weighted by Gasteiger charge is -2.06. The highest BCUT2D eigenvalue weighted by Gasteiger charge is 2.14. The first-order valence-electron chi connectivity index (χ1n) is 7.93. The summed E-state index contributed by atoms with van der Waals surface area (Å²) in [5.41, 5.74) is 6.33. The SMILES string of the molecule is O=C(NO)c1ccc(/C=N/NC(=O)c2nccnc2-c2ccccc2)cc1. The molecule has 0 aliphatic rings. The van der Waals surface area contributed by atoms with Gasteiger partial charge in [-0.2, -0.15) is 5.10 Å². The summed E-state index contributed by atoms with van der Waals surface area (Å²) < 4.78 is 0. The quantitative estimate of drug-likeness (QED) is 0.365. The number of hydrogen-bond acceptors (Lipinski definition) is 6. The van der Waals surface area contributed by atoms with E-state index in [4.69, 9.17) is 5.21 Å². The highest BCUT2D eigenvalue weighted by molar-refractivity contribution is 5.98. The third-order valence-corrected chi connectivity index (χ3v) is 3.61. The van der Waals surface area contributed by atoms with Crippen LogP contribution in [0.4, 0.5) is 0 Å². The number of rotatable bonds is 5. The van der Waals surface area contributed by atoms with Gasteiger partial charge in [-0.15, -0.1) is 0 Å². The lowest BCUT2D eigenvalue weighted by molar-refractivity contribution is 0.0706. The van der Waals surface area contributed by atoms with Crippen molar-refractivity contribution in [1.29, 1.82) is 0 Å². The molecule has 27 heavy (non-hydrogen) atoms. The monoisotopic (exact) mass is 361 g/mol. The van der Waals surface area contributed by atoms with E-state index in [9.17, 15) is 9.59 Å². The van der Waals surface area contributed by atoms with Gasteiger partial charge in [0, 0.05) is 23.5 Å². The summed E-state index contributed by atoms with van der Waals surface area (Å²) in [4.78, 5) is 32.0. The first-order chi connectivity index (χ1) is 13.2. The molecule has 0 aliphatic heterocycles. The molecule has 0 saturated carbocycles. The predicted molar refractivity (Wildman–Crippen MR) is 98.2 cm³/mol. The third kappa shape index (κ3) is 4.39. The lowest BCUT2D eigenvalue weighted by atomic mass is 10.1. The average Bonchev–Trinajstić information content (AvgIpc) is 2.74. The molecule has 8 heteroatoms. The van der Waals surface area contributed by atoms with Crippen LogP contribution in [0.15, 0.2) is 72.1 Å². The Balaban J connectivity index is 1.71. The molecular formula is C19H15N5O3. The molecule has 0 fully saturated rings. The summed E-state index contributed by atoms with van der Waals surface area (Å²) in [6.07, 6.45) is 4.39. The number of nitrogens with zero attached hydrogens (tertiary/aromatic N) is 3. The number of hydrazone groups is 1. The van der Waals surface area contributed by atoms with Crippen molar-refractivity contribution in [3.05, 3.63) is 83.8 Å². The Bertz CT molecular complexity index is 972. The Kier molecular flexibility index (Phi) is 5.60. The second-order valence-corrected chi connectivity index (χ2v) is 5.38. The van der Waals surface area contributed by atoms with E-state index in [-0.39, 0.29) is 5.69 Å². The van der Waals surface area contributed by atoms with Gasteiger partial charge in [0.2, 0.25) is 0 Å². The summed E-state index contributed by atoms with van der Waals surface area (Å²) in [7, 11) is 0. The van der Waals surface area contributed by atoms with E-state index in [2.05, 4.69) is 20.5 Å². The number of benzene rings is 2. The molecule has 0 atom stereocenters. The van der Waals surface area contributed by atoms with Crippen LogP contribution in [-0.2, 0) is 0 Å². The summed E-state index contributed by atoms with van der Waals surface area (Å²) in [5.74, 6) is -1.10. The van der Waals surface area contributed by atoms with Crippen molar-refractivity contribution in [3.8, 4) is 11.3 Å². The third-order valence-electron chi connectivity index (χ3n) is 3.61. The van der Waals surface area contributed by atoms with Gasteiger partial charge in [-0.1, -0.05) is 42.5 Å². The van der Waals surface area contributed by atoms with E-state index in [0.29, 0.717) is 16.8 Å². The number of carbonyl (C=O) groups excluding carboxylic acids is 2. The van der Waals surface area contributed by atoms with E-state index in [1.165, 1.54) is 30.7 Å². The van der Waals surface area contributed by atoms with Gasteiger partial charge < -0.3 is 0 Å². The Morgan fingerprint density at radius 1 is 0.926 bits per heavy atom. The second kappa shape index (κ2) is 8.45. The molecule has 0 saturated heterocycles. The minimum atomic E-state index is -0.608. The van der Waals surface area contributed by atoms with Crippen LogP contribution in [-0.4, -0.2) is 33.2 Å². The maximum Gasteiger partial charge on any atom is 0.292 e. The Morgan fingerprint density at radius 3 is 2.33 bits per heavy atom. The average molecular weight is 361 g/mol. The van der Waals surface area contributed by atoms with Crippen LogP contribution < -0.4 is 10.9 Å². The van der Waals surface area contributed by atoms with Crippen molar-refractivity contribution < 1.29 is 14.8 Å². The van der Waals surface area contributed by atoms with Crippen LogP contribution in [0.3, 0.4) is 0 Å². The van der Waals surface area contributed by atoms with Crippen LogP contribution >= 0.6 is 0 Å². The van der Waals surface area contributed by atoms with Gasteiger partial charge in [0.1, 0.15) is 5.69 Å². The molecule has 1 aromatic heterocycles. The molecule has 3 aromatic rings. The van der Waals surface area contributed by atoms with E-state index in [1.807, 2.05) is 30.3 Å². The molecule has 0 bridgehead atoms. The second-order valence-electron chi connectivity index (χ2n) is 5.38. The van der Waals surface area contributed by atoms with Crippen LogP contribution in [0.1, 0.15) is 26.4 Å². The van der Waals surface area contributed by atoms with Gasteiger partial charge in [0.05, 0.1) is 6.21 Å². The molecule has 0 radical (unpaired) electrons. The molecule has 0 spiro atoms. The van der Waals surface area contributed by atoms with Crippen LogP contribution in [0.2, 0.25) is 0 Å². The van der Waals surface area contributed by atoms with Gasteiger partial charge in [0.15, 0.2) is 5.69 Å². The standard InChI is InChI=1S/C19H15N5O3/c25-18(24-27)15-8-6-13(7-9-15)12-22-23-19(26)17-16(20-10-11-21-17)14-4-2-1-3-5-14/h1-12,27H,(H,23,26)(H,24,25)/b22-12+. The minimum absolute atomic E-state index is 0.163. The molecule has 2 amide bonds. The first-order valence-corrected chi connectivity index (χ1v) is 7.93. The van der Waals surface area contributed by atoms with Crippen molar-refractivity contribution in [2.75, 3.05) is 0 Å². The smallest absolute Gasteiger partial charge is 0.288 e. The van der Waals surface area contributed by atoms with E-state index >= 15 is 0 Å². The minimum Gasteiger partial charge on any atom is -0.288 e. The predicted octanol–water partition coefficient (Wildman–Crippen LogP) is 2.03. The fraction of sp³-hybridized carbons (Fsp3) is 0. The molecule has 0 aliphatic carbocycles. The van der Waals surface area contributed by atoms with Crippen molar-refractivity contribution in [1.82, 2.24) is 20.9 Å². The fourth-order valence-corrected chi connectivity index (χ4v) is 2.31. The molecule has 1 heterocycles. The molecule has 3 N–H and O–H groups in total. The molecule has 134 valence electrons. The Hall–Kier alpha value is -3.91. The molecule has 3 rings (SSSR count). The van der Waals surface area contributed by atoms with Gasteiger partial charge in [0.25, 0.3) is 11.8 Å². The van der Waals surface area contributed by atoms with Crippen molar-refractivity contribution >= 4 is 18.0 Å². The maximum absolute atomic E-state index is 12.4. The number of carbonyl (C=O) groups is 2. The van der Waals surface area contributed by atoms with Gasteiger partial charge in [-0.3, -0.25) is 19.8 Å². The van der Waals surface area contributed by atoms with Crippen molar-refractivity contribution in [2.24, 2.45) is 5.10 Å². The van der Waals surface area contributed by atoms with Gasteiger partial charge in [-0.25, -0.2) is 15.9 Å². The topological polar surface area (TPSA) is 117 Å². The highest BCUT2D eigenvalue weighted by atomic mass is 16.5. The first kappa shape index (κ1) is 17.9. The van der Waals surface area contributed by atoms with Gasteiger partial charge >= 0.3 is 0 Å². The van der Waals surface area contributed by atoms with E-state index in [1.54, 1.807) is 17.6 Å². The molecule has 8 nitrogen and oxygen atoms in total. The summed E-state index contributed by atoms with van der Waals surface area (Å²) >= 11 is 0. The Morgan fingerprint density at radius 2 is 1.63 bits per heavy atom. The Labute approximate surface area is 154 Å². The number of amides is 2. The summed E-state index contributed by atoms with van der Waals surface area (Å²) in [5, 5.41) is 12.5.